The second kappa shape index (κ2) is 10.0. The molecule has 1 N–H and O–H groups in total. The van der Waals surface area contributed by atoms with E-state index in [1.807, 2.05) is 0 Å². The summed E-state index contributed by atoms with van der Waals surface area (Å²) in [6, 6.07) is -0.852. The SMILES string of the molecule is CO[C@H]1O[C@H](CO[Si](C)(C)C(C)(C)C)[C@@H](OC(C)=O)[C@H](OC(C)=O)[C@H]1NC(C)=O. The van der Waals surface area contributed by atoms with Crippen LogP contribution in [0.1, 0.15) is 41.5 Å². The van der Waals surface area contributed by atoms with Gasteiger partial charge in [0.2, 0.25) is 5.91 Å². The standard InChI is InChI=1S/C19H35NO8Si/c1-11(21)20-15-17(27-13(3)23)16(26-12(2)22)14(28-18(15)24-7)10-25-29(8,9)19(4,5)6/h14-18H,10H2,1-9H3,(H,20,21)/t14-,15-,16-,17-,18+/m1/s1. The van der Waals surface area contributed by atoms with Gasteiger partial charge in [0.1, 0.15) is 12.1 Å². The molecule has 0 saturated carbocycles. The van der Waals surface area contributed by atoms with Gasteiger partial charge in [0.15, 0.2) is 26.8 Å². The van der Waals surface area contributed by atoms with Crippen LogP contribution in [0.4, 0.5) is 0 Å². The van der Waals surface area contributed by atoms with Crippen LogP contribution in [0.2, 0.25) is 18.1 Å². The Kier molecular flexibility index (Phi) is 8.82. The van der Waals surface area contributed by atoms with Crippen LogP contribution in [-0.4, -0.2) is 70.5 Å². The van der Waals surface area contributed by atoms with Gasteiger partial charge in [-0.05, 0) is 18.1 Å². The van der Waals surface area contributed by atoms with E-state index in [0.717, 1.165) is 0 Å². The molecule has 29 heavy (non-hydrogen) atoms. The number of rotatable bonds is 7. The van der Waals surface area contributed by atoms with Crippen molar-refractivity contribution in [3.05, 3.63) is 0 Å². The number of hydrogen-bond acceptors (Lipinski definition) is 8. The molecule has 0 spiro atoms. The summed E-state index contributed by atoms with van der Waals surface area (Å²) in [4.78, 5) is 35.2. The van der Waals surface area contributed by atoms with Gasteiger partial charge in [-0.3, -0.25) is 14.4 Å². The second-order valence-corrected chi connectivity index (χ2v) is 13.5. The molecule has 1 heterocycles. The molecule has 1 amide bonds. The number of hydrogen-bond donors (Lipinski definition) is 1. The van der Waals surface area contributed by atoms with Crippen molar-refractivity contribution in [2.45, 2.75) is 90.3 Å². The molecule has 1 fully saturated rings. The molecule has 0 unspecified atom stereocenters. The van der Waals surface area contributed by atoms with Crippen LogP contribution in [0.3, 0.4) is 0 Å². The molecule has 0 aromatic carbocycles. The van der Waals surface area contributed by atoms with Crippen molar-refractivity contribution in [1.82, 2.24) is 5.32 Å². The second-order valence-electron chi connectivity index (χ2n) is 8.72. The summed E-state index contributed by atoms with van der Waals surface area (Å²) in [7, 11) is -0.708. The van der Waals surface area contributed by atoms with Crippen molar-refractivity contribution in [1.29, 1.82) is 0 Å². The van der Waals surface area contributed by atoms with Crippen LogP contribution in [0, 0.1) is 0 Å². The predicted octanol–water partition coefficient (Wildman–Crippen LogP) is 1.75. The fourth-order valence-corrected chi connectivity index (χ4v) is 3.81. The highest BCUT2D eigenvalue weighted by molar-refractivity contribution is 6.74. The first-order valence-corrected chi connectivity index (χ1v) is 12.5. The first-order valence-electron chi connectivity index (χ1n) is 9.63. The normalized spacial score (nSPS) is 27.8. The van der Waals surface area contributed by atoms with Gasteiger partial charge in [-0.2, -0.15) is 0 Å². The minimum absolute atomic E-state index is 0.0345. The topological polar surface area (TPSA) is 109 Å². The van der Waals surface area contributed by atoms with Crippen molar-refractivity contribution >= 4 is 26.2 Å². The van der Waals surface area contributed by atoms with Gasteiger partial charge in [-0.25, -0.2) is 0 Å². The van der Waals surface area contributed by atoms with E-state index < -0.39 is 50.9 Å². The Labute approximate surface area is 173 Å². The largest absolute Gasteiger partial charge is 0.456 e. The third-order valence-electron chi connectivity index (χ3n) is 5.27. The highest BCUT2D eigenvalue weighted by Gasteiger charge is 2.51. The average Bonchev–Trinajstić information content (AvgIpc) is 2.54. The fraction of sp³-hybridized carbons (Fsp3) is 0.842. The predicted molar refractivity (Wildman–Crippen MR) is 108 cm³/mol. The molecule has 168 valence electrons. The smallest absolute Gasteiger partial charge is 0.303 e. The average molecular weight is 434 g/mol. The van der Waals surface area contributed by atoms with Gasteiger partial charge >= 0.3 is 11.9 Å². The fourth-order valence-electron chi connectivity index (χ4n) is 2.80. The Hall–Kier alpha value is -1.49. The van der Waals surface area contributed by atoms with Gasteiger partial charge in [-0.15, -0.1) is 0 Å². The molecule has 1 rings (SSSR count). The van der Waals surface area contributed by atoms with E-state index in [4.69, 9.17) is 23.4 Å². The van der Waals surface area contributed by atoms with E-state index in [2.05, 4.69) is 39.2 Å². The Morgan fingerprint density at radius 2 is 1.52 bits per heavy atom. The van der Waals surface area contributed by atoms with Crippen molar-refractivity contribution in [2.75, 3.05) is 13.7 Å². The number of carbonyl (C=O) groups is 3. The van der Waals surface area contributed by atoms with Crippen LogP contribution in [0.15, 0.2) is 0 Å². The zero-order valence-corrected chi connectivity index (χ0v) is 19.9. The molecule has 0 bridgehead atoms. The van der Waals surface area contributed by atoms with Crippen molar-refractivity contribution in [3.8, 4) is 0 Å². The maximum absolute atomic E-state index is 11.8. The van der Waals surface area contributed by atoms with Crippen LogP contribution in [0.5, 0.6) is 0 Å². The summed E-state index contributed by atoms with van der Waals surface area (Å²) in [5, 5.41) is 2.63. The van der Waals surface area contributed by atoms with Crippen LogP contribution in [0.25, 0.3) is 0 Å². The quantitative estimate of drug-likeness (QED) is 0.478. The lowest BCUT2D eigenvalue weighted by atomic mass is 9.96. The third-order valence-corrected chi connectivity index (χ3v) is 9.77. The summed E-state index contributed by atoms with van der Waals surface area (Å²) < 4.78 is 28.5. The number of methoxy groups -OCH3 is 1. The summed E-state index contributed by atoms with van der Waals surface area (Å²) in [6.45, 7) is 14.5. The van der Waals surface area contributed by atoms with E-state index in [0.29, 0.717) is 0 Å². The van der Waals surface area contributed by atoms with E-state index in [1.165, 1.54) is 27.9 Å². The number of carbonyl (C=O) groups excluding carboxylic acids is 3. The van der Waals surface area contributed by atoms with Crippen molar-refractivity contribution in [3.63, 3.8) is 0 Å². The maximum Gasteiger partial charge on any atom is 0.303 e. The highest BCUT2D eigenvalue weighted by atomic mass is 28.4. The summed E-state index contributed by atoms with van der Waals surface area (Å²) >= 11 is 0. The van der Waals surface area contributed by atoms with E-state index >= 15 is 0 Å². The molecule has 10 heteroatoms. The van der Waals surface area contributed by atoms with E-state index in [-0.39, 0.29) is 17.6 Å². The molecule has 1 saturated heterocycles. The molecule has 1 aliphatic heterocycles. The van der Waals surface area contributed by atoms with Gasteiger partial charge in [-0.1, -0.05) is 20.8 Å². The first kappa shape index (κ1) is 25.5. The van der Waals surface area contributed by atoms with E-state index in [1.54, 1.807) is 0 Å². The monoisotopic (exact) mass is 433 g/mol. The van der Waals surface area contributed by atoms with Crippen LogP contribution in [-0.2, 0) is 37.8 Å². The molecule has 5 atom stereocenters. The summed E-state index contributed by atoms with van der Waals surface area (Å²) in [5.41, 5.74) is 0. The van der Waals surface area contributed by atoms with Crippen LogP contribution < -0.4 is 5.32 Å². The Morgan fingerprint density at radius 1 is 1.00 bits per heavy atom. The van der Waals surface area contributed by atoms with Crippen molar-refractivity contribution in [2.24, 2.45) is 0 Å². The lowest BCUT2D eigenvalue weighted by molar-refractivity contribution is -0.269. The number of nitrogens with one attached hydrogen (secondary N) is 1. The van der Waals surface area contributed by atoms with E-state index in [9.17, 15) is 14.4 Å². The number of esters is 2. The van der Waals surface area contributed by atoms with Gasteiger partial charge in [0, 0.05) is 27.9 Å². The van der Waals surface area contributed by atoms with Gasteiger partial charge in [0.05, 0.1) is 6.61 Å². The molecule has 0 aromatic rings. The Balaban J connectivity index is 3.23. The highest BCUT2D eigenvalue weighted by Crippen LogP contribution is 2.37. The molecular weight excluding hydrogens is 398 g/mol. The maximum atomic E-state index is 11.8. The molecular formula is C19H35NO8Si. The van der Waals surface area contributed by atoms with Crippen LogP contribution >= 0.6 is 0 Å². The minimum atomic E-state index is -2.13. The summed E-state index contributed by atoms with van der Waals surface area (Å²) in [6.07, 6.45) is -3.62. The van der Waals surface area contributed by atoms with Crippen molar-refractivity contribution < 1.29 is 37.8 Å². The van der Waals surface area contributed by atoms with Gasteiger partial charge in [0.25, 0.3) is 0 Å². The molecule has 0 aliphatic carbocycles. The minimum Gasteiger partial charge on any atom is -0.456 e. The Bertz CT molecular complexity index is 604. The third kappa shape index (κ3) is 7.05. The molecule has 0 aromatic heterocycles. The zero-order chi connectivity index (χ0) is 22.6. The molecule has 0 radical (unpaired) electrons. The number of amides is 1. The Morgan fingerprint density at radius 3 is 1.93 bits per heavy atom. The summed E-state index contributed by atoms with van der Waals surface area (Å²) in [5.74, 6) is -1.51. The number of ether oxygens (including phenoxy) is 4. The molecule has 1 aliphatic rings. The zero-order valence-electron chi connectivity index (χ0n) is 18.9. The molecule has 9 nitrogen and oxygen atoms in total. The lowest BCUT2D eigenvalue weighted by Gasteiger charge is -2.46. The lowest BCUT2D eigenvalue weighted by Crippen LogP contribution is -2.66. The van der Waals surface area contributed by atoms with Gasteiger partial charge < -0.3 is 28.7 Å². The first-order chi connectivity index (χ1) is 13.2.